The molecule has 0 aliphatic rings. The number of carbonyl (C=O) groups is 1. The van der Waals surface area contributed by atoms with E-state index in [9.17, 15) is 13.6 Å². The summed E-state index contributed by atoms with van der Waals surface area (Å²) in [5.41, 5.74) is 1.23. The third-order valence-electron chi connectivity index (χ3n) is 2.53. The van der Waals surface area contributed by atoms with Gasteiger partial charge < -0.3 is 5.32 Å². The molecule has 0 saturated carbocycles. The number of aryl methyl sites for hydroxylation is 1. The summed E-state index contributed by atoms with van der Waals surface area (Å²) >= 11 is 5.74. The van der Waals surface area contributed by atoms with Crippen LogP contribution in [0.25, 0.3) is 0 Å². The quantitative estimate of drug-likeness (QED) is 0.851. The lowest BCUT2D eigenvalue weighted by atomic mass is 10.2. The average molecular weight is 316 g/mol. The van der Waals surface area contributed by atoms with Gasteiger partial charge in [0.15, 0.2) is 5.82 Å². The molecule has 2 N–H and O–H groups in total. The first-order valence-electron chi connectivity index (χ1n) is 5.96. The van der Waals surface area contributed by atoms with Crippen molar-refractivity contribution in [3.63, 3.8) is 0 Å². The summed E-state index contributed by atoms with van der Waals surface area (Å²) in [6.45, 7) is 1.23. The molecule has 2 aromatic heterocycles. The lowest BCUT2D eigenvalue weighted by molar-refractivity contribution is 0.122. The fraction of sp³-hybridized carbons (Fsp3) is 0.250. The van der Waals surface area contributed by atoms with Crippen LogP contribution in [-0.4, -0.2) is 27.2 Å². The van der Waals surface area contributed by atoms with E-state index in [0.717, 1.165) is 10.2 Å². The molecule has 2 rings (SSSR count). The molecule has 2 heterocycles. The van der Waals surface area contributed by atoms with Crippen LogP contribution in [0.15, 0.2) is 24.5 Å². The van der Waals surface area contributed by atoms with Gasteiger partial charge in [-0.1, -0.05) is 11.6 Å². The van der Waals surface area contributed by atoms with Gasteiger partial charge in [0.05, 0.1) is 0 Å². The van der Waals surface area contributed by atoms with Gasteiger partial charge in [0.1, 0.15) is 11.7 Å². The highest BCUT2D eigenvalue weighted by molar-refractivity contribution is 6.29. The Kier molecular flexibility index (Phi) is 4.69. The highest BCUT2D eigenvalue weighted by atomic mass is 35.5. The monoisotopic (exact) mass is 315 g/mol. The zero-order valence-electron chi connectivity index (χ0n) is 11.0. The summed E-state index contributed by atoms with van der Waals surface area (Å²) in [7, 11) is 0. The van der Waals surface area contributed by atoms with E-state index < -0.39 is 19.0 Å². The molecule has 2 amide bonds. The predicted octanol–water partition coefficient (Wildman–Crippen LogP) is 3.15. The summed E-state index contributed by atoms with van der Waals surface area (Å²) in [5, 5.41) is 9.06. The molecule has 9 heteroatoms. The van der Waals surface area contributed by atoms with E-state index in [1.54, 1.807) is 6.92 Å². The van der Waals surface area contributed by atoms with Crippen molar-refractivity contribution in [2.75, 3.05) is 10.6 Å². The number of carbonyl (C=O) groups excluding carboxylic acids is 1. The van der Waals surface area contributed by atoms with Crippen molar-refractivity contribution in [3.05, 3.63) is 35.2 Å². The first kappa shape index (κ1) is 15.2. The Morgan fingerprint density at radius 2 is 2.24 bits per heavy atom. The number of rotatable bonds is 4. The Morgan fingerprint density at radius 3 is 2.95 bits per heavy atom. The van der Waals surface area contributed by atoms with Gasteiger partial charge in [-0.25, -0.2) is 18.6 Å². The maximum atomic E-state index is 12.2. The zero-order valence-corrected chi connectivity index (χ0v) is 11.7. The lowest BCUT2D eigenvalue weighted by Crippen LogP contribution is -2.20. The largest absolute Gasteiger partial charge is 0.324 e. The molecule has 0 unspecified atom stereocenters. The van der Waals surface area contributed by atoms with Crippen LogP contribution in [0.5, 0.6) is 0 Å². The number of nitrogens with one attached hydrogen (secondary N) is 2. The number of hydrogen-bond acceptors (Lipinski definition) is 3. The van der Waals surface area contributed by atoms with Gasteiger partial charge >= 0.3 is 6.03 Å². The SMILES string of the molecule is Cc1cnc(Cl)cc1NC(=O)Nc1ccn(CC(F)F)n1. The van der Waals surface area contributed by atoms with Crippen LogP contribution >= 0.6 is 11.6 Å². The van der Waals surface area contributed by atoms with E-state index >= 15 is 0 Å². The minimum atomic E-state index is -2.51. The van der Waals surface area contributed by atoms with Crippen LogP contribution in [0.4, 0.5) is 25.1 Å². The maximum absolute atomic E-state index is 12.2. The van der Waals surface area contributed by atoms with E-state index in [4.69, 9.17) is 11.6 Å². The molecule has 0 aliphatic carbocycles. The third kappa shape index (κ3) is 4.38. The number of amides is 2. The normalized spacial score (nSPS) is 10.7. The first-order chi connectivity index (χ1) is 9.94. The van der Waals surface area contributed by atoms with Crippen molar-refractivity contribution in [1.82, 2.24) is 14.8 Å². The van der Waals surface area contributed by atoms with E-state index in [1.807, 2.05) is 0 Å². The fourth-order valence-corrected chi connectivity index (χ4v) is 1.73. The van der Waals surface area contributed by atoms with Crippen molar-refractivity contribution in [2.45, 2.75) is 19.9 Å². The molecule has 0 atom stereocenters. The molecule has 0 spiro atoms. The maximum Gasteiger partial charge on any atom is 0.324 e. The Bertz CT molecular complexity index is 646. The molecular weight excluding hydrogens is 304 g/mol. The Labute approximate surface area is 124 Å². The summed E-state index contributed by atoms with van der Waals surface area (Å²) in [4.78, 5) is 15.7. The van der Waals surface area contributed by atoms with E-state index in [1.165, 1.54) is 24.5 Å². The zero-order chi connectivity index (χ0) is 15.4. The number of nitrogens with zero attached hydrogens (tertiary/aromatic N) is 3. The van der Waals surface area contributed by atoms with Gasteiger partial charge in [-0.15, -0.1) is 0 Å². The second-order valence-corrected chi connectivity index (χ2v) is 4.60. The highest BCUT2D eigenvalue weighted by Gasteiger charge is 2.09. The van der Waals surface area contributed by atoms with Crippen molar-refractivity contribution in [3.8, 4) is 0 Å². The molecular formula is C12H12ClF2N5O. The molecule has 0 fully saturated rings. The summed E-state index contributed by atoms with van der Waals surface area (Å²) in [5.74, 6) is 0.172. The average Bonchev–Trinajstić information content (AvgIpc) is 2.80. The molecule has 0 aliphatic heterocycles. The molecule has 0 radical (unpaired) electrons. The van der Waals surface area contributed by atoms with Crippen LogP contribution in [0.3, 0.4) is 0 Å². The number of aromatic nitrogens is 3. The molecule has 0 bridgehead atoms. The van der Waals surface area contributed by atoms with Crippen LogP contribution in [-0.2, 0) is 6.54 Å². The molecule has 2 aromatic rings. The number of pyridine rings is 1. The highest BCUT2D eigenvalue weighted by Crippen LogP contribution is 2.17. The van der Waals surface area contributed by atoms with Crippen LogP contribution < -0.4 is 10.6 Å². The van der Waals surface area contributed by atoms with Gasteiger partial charge in [-0.05, 0) is 18.6 Å². The topological polar surface area (TPSA) is 71.8 Å². The molecule has 21 heavy (non-hydrogen) atoms. The lowest BCUT2D eigenvalue weighted by Gasteiger charge is -2.08. The summed E-state index contributed by atoms with van der Waals surface area (Å²) in [6, 6.07) is 2.38. The Morgan fingerprint density at radius 1 is 1.48 bits per heavy atom. The van der Waals surface area contributed by atoms with Crippen molar-refractivity contribution >= 4 is 29.1 Å². The van der Waals surface area contributed by atoms with Gasteiger partial charge in [0, 0.05) is 24.1 Å². The smallest absolute Gasteiger partial charge is 0.307 e. The van der Waals surface area contributed by atoms with E-state index in [2.05, 4.69) is 20.7 Å². The van der Waals surface area contributed by atoms with Crippen LogP contribution in [0.1, 0.15) is 5.56 Å². The number of hydrogen-bond donors (Lipinski definition) is 2. The second kappa shape index (κ2) is 6.49. The van der Waals surface area contributed by atoms with Gasteiger partial charge in [0.25, 0.3) is 6.43 Å². The minimum Gasteiger partial charge on any atom is -0.307 e. The Balaban J connectivity index is 1.98. The van der Waals surface area contributed by atoms with E-state index in [0.29, 0.717) is 5.69 Å². The number of halogens is 3. The fourth-order valence-electron chi connectivity index (χ4n) is 1.57. The second-order valence-electron chi connectivity index (χ2n) is 4.22. The predicted molar refractivity (Wildman–Crippen MR) is 74.9 cm³/mol. The van der Waals surface area contributed by atoms with Crippen molar-refractivity contribution < 1.29 is 13.6 Å². The minimum absolute atomic E-state index is 0.172. The standard InChI is InChI=1S/C12H12ClF2N5O/c1-7-5-16-9(13)4-8(7)17-12(21)18-11-2-3-20(19-11)6-10(14)15/h2-5,10H,6H2,1H3,(H2,16,17,18,19,21). The summed E-state index contributed by atoms with van der Waals surface area (Å²) < 4.78 is 25.4. The summed E-state index contributed by atoms with van der Waals surface area (Å²) in [6.07, 6.45) is 0.374. The van der Waals surface area contributed by atoms with Gasteiger partial charge in [-0.2, -0.15) is 5.10 Å². The first-order valence-corrected chi connectivity index (χ1v) is 6.33. The van der Waals surface area contributed by atoms with E-state index in [-0.39, 0.29) is 11.0 Å². The number of alkyl halides is 2. The number of anilines is 2. The number of urea groups is 1. The molecule has 112 valence electrons. The van der Waals surface area contributed by atoms with Crippen molar-refractivity contribution in [1.29, 1.82) is 0 Å². The molecule has 6 nitrogen and oxygen atoms in total. The van der Waals surface area contributed by atoms with Gasteiger partial charge in [-0.3, -0.25) is 10.00 Å². The molecule has 0 saturated heterocycles. The third-order valence-corrected chi connectivity index (χ3v) is 2.73. The van der Waals surface area contributed by atoms with Crippen molar-refractivity contribution in [2.24, 2.45) is 0 Å². The Hall–Kier alpha value is -2.22. The van der Waals surface area contributed by atoms with Crippen LogP contribution in [0, 0.1) is 6.92 Å². The van der Waals surface area contributed by atoms with Gasteiger partial charge in [0.2, 0.25) is 0 Å². The van der Waals surface area contributed by atoms with Crippen LogP contribution in [0.2, 0.25) is 5.15 Å². The molecule has 0 aromatic carbocycles.